The normalized spacial score (nSPS) is 19.4. The number of hydrogen-bond acceptors (Lipinski definition) is 5. The number of unbranched alkanes of at least 4 members (excludes halogenated alkanes) is 2. The first-order valence-electron chi connectivity index (χ1n) is 26.3. The maximum absolute atomic E-state index is 17.1. The Labute approximate surface area is 397 Å². The van der Waals surface area contributed by atoms with E-state index in [0.717, 1.165) is 51.6 Å². The minimum Gasteiger partial charge on any atom is -0.339 e. The van der Waals surface area contributed by atoms with E-state index in [2.05, 4.69) is 136 Å². The van der Waals surface area contributed by atoms with Gasteiger partial charge in [-0.1, -0.05) is 179 Å². The van der Waals surface area contributed by atoms with Crippen LogP contribution in [0.1, 0.15) is 181 Å². The van der Waals surface area contributed by atoms with E-state index >= 15 is 4.79 Å². The van der Waals surface area contributed by atoms with Crippen LogP contribution >= 0.6 is 23.5 Å². The predicted octanol–water partition coefficient (Wildman–Crippen LogP) is 18.1. The quantitative estimate of drug-likeness (QED) is 0.0880. The summed E-state index contributed by atoms with van der Waals surface area (Å²) in [5, 5.41) is 0. The fraction of sp³-hybridized carbons (Fsp3) is 0.576. The van der Waals surface area contributed by atoms with Crippen LogP contribution in [0.4, 0.5) is 22.7 Å². The van der Waals surface area contributed by atoms with Crippen LogP contribution in [0, 0.1) is 23.7 Å². The summed E-state index contributed by atoms with van der Waals surface area (Å²) in [6.07, 6.45) is 23.7. The number of fused-ring (bicyclic) bond motifs is 4. The SMILES string of the molecule is CCCCC(CC)CN1c2ccccc2Sc2cc(C(CC)(C(=O)C(CC)(c3ccc4c(c3)Sc3ccccc3N4CC(CC)CCCC)C3CCCCC3)C3CCCCC3)ccc21. The molecule has 3 nitrogen and oxygen atoms in total. The molecule has 0 radical (unpaired) electrons. The Morgan fingerprint density at radius 2 is 0.922 bits per heavy atom. The van der Waals surface area contributed by atoms with Crippen molar-refractivity contribution in [3.8, 4) is 0 Å². The summed E-state index contributed by atoms with van der Waals surface area (Å²) in [5.41, 5.74) is 6.79. The molecule has 4 atom stereocenters. The lowest BCUT2D eigenvalue weighted by atomic mass is 9.50. The molecule has 344 valence electrons. The molecule has 4 aromatic rings. The molecule has 0 amide bonds. The van der Waals surface area contributed by atoms with Gasteiger partial charge in [0.15, 0.2) is 5.78 Å². The fourth-order valence-electron chi connectivity index (χ4n) is 13.0. The molecule has 2 saturated carbocycles. The number of para-hydroxylation sites is 2. The van der Waals surface area contributed by atoms with Gasteiger partial charge in [0.05, 0.1) is 33.6 Å². The number of hydrogen-bond donors (Lipinski definition) is 0. The summed E-state index contributed by atoms with van der Waals surface area (Å²) in [6.45, 7) is 16.2. The van der Waals surface area contributed by atoms with E-state index < -0.39 is 10.8 Å². The van der Waals surface area contributed by atoms with Gasteiger partial charge in [0.1, 0.15) is 0 Å². The minimum atomic E-state index is -0.562. The number of benzene rings is 4. The van der Waals surface area contributed by atoms with Gasteiger partial charge in [-0.3, -0.25) is 4.79 Å². The second kappa shape index (κ2) is 21.6. The molecule has 4 aromatic carbocycles. The summed E-state index contributed by atoms with van der Waals surface area (Å²) in [6, 6.07) is 33.0. The smallest absolute Gasteiger partial charge is 0.154 e. The van der Waals surface area contributed by atoms with Gasteiger partial charge in [-0.25, -0.2) is 0 Å². The monoisotopic (exact) mass is 897 g/mol. The predicted molar refractivity (Wildman–Crippen MR) is 277 cm³/mol. The van der Waals surface area contributed by atoms with Crippen molar-refractivity contribution in [3.63, 3.8) is 0 Å². The third kappa shape index (κ3) is 9.13. The second-order valence-corrected chi connectivity index (χ2v) is 22.4. The highest BCUT2D eigenvalue weighted by Gasteiger charge is 2.57. The minimum absolute atomic E-state index is 0.338. The molecule has 0 saturated heterocycles. The molecule has 0 spiro atoms. The molecule has 2 heterocycles. The average molecular weight is 897 g/mol. The van der Waals surface area contributed by atoms with Crippen molar-refractivity contribution < 1.29 is 4.79 Å². The van der Waals surface area contributed by atoms with Gasteiger partial charge in [-0.05, 0) is 135 Å². The maximum atomic E-state index is 17.1. The molecule has 2 aliphatic heterocycles. The van der Waals surface area contributed by atoms with E-state index in [1.54, 1.807) is 0 Å². The van der Waals surface area contributed by atoms with Gasteiger partial charge < -0.3 is 9.80 Å². The lowest BCUT2D eigenvalue weighted by Crippen LogP contribution is -2.56. The molecule has 4 aliphatic rings. The van der Waals surface area contributed by atoms with Crippen molar-refractivity contribution in [2.75, 3.05) is 22.9 Å². The summed E-state index contributed by atoms with van der Waals surface area (Å²) >= 11 is 3.87. The Kier molecular flexibility index (Phi) is 16.0. The van der Waals surface area contributed by atoms with Crippen LogP contribution < -0.4 is 9.80 Å². The zero-order valence-corrected chi connectivity index (χ0v) is 42.2. The second-order valence-electron chi connectivity index (χ2n) is 20.2. The number of Topliss-reactive ketones (excluding diaryl/α,β-unsaturated/α-hetero) is 1. The van der Waals surface area contributed by atoms with Crippen LogP contribution in [-0.4, -0.2) is 18.9 Å². The van der Waals surface area contributed by atoms with Crippen molar-refractivity contribution in [3.05, 3.63) is 96.1 Å². The molecule has 0 aromatic heterocycles. The van der Waals surface area contributed by atoms with Gasteiger partial charge in [0.25, 0.3) is 0 Å². The number of nitrogens with zero attached hydrogens (tertiary/aromatic N) is 2. The van der Waals surface area contributed by atoms with Gasteiger partial charge in [-0.15, -0.1) is 0 Å². The van der Waals surface area contributed by atoms with Gasteiger partial charge in [0.2, 0.25) is 0 Å². The lowest BCUT2D eigenvalue weighted by molar-refractivity contribution is -0.136. The van der Waals surface area contributed by atoms with Crippen LogP contribution in [0.5, 0.6) is 0 Å². The van der Waals surface area contributed by atoms with E-state index in [1.807, 2.05) is 23.5 Å². The molecule has 0 bridgehead atoms. The first-order chi connectivity index (χ1) is 31.4. The van der Waals surface area contributed by atoms with Crippen molar-refractivity contribution in [1.82, 2.24) is 0 Å². The van der Waals surface area contributed by atoms with Gasteiger partial charge in [-0.2, -0.15) is 0 Å². The third-order valence-electron chi connectivity index (χ3n) is 16.8. The highest BCUT2D eigenvalue weighted by Crippen LogP contribution is 2.58. The molecule has 2 aliphatic carbocycles. The van der Waals surface area contributed by atoms with Crippen LogP contribution in [-0.2, 0) is 15.6 Å². The Balaban J connectivity index is 1.26. The van der Waals surface area contributed by atoms with Crippen molar-refractivity contribution in [1.29, 1.82) is 0 Å². The zero-order valence-electron chi connectivity index (χ0n) is 40.6. The van der Waals surface area contributed by atoms with E-state index in [0.29, 0.717) is 29.5 Å². The third-order valence-corrected chi connectivity index (χ3v) is 19.0. The summed E-state index contributed by atoms with van der Waals surface area (Å²) in [7, 11) is 0. The molecular formula is C59H80N2OS2. The van der Waals surface area contributed by atoms with Crippen molar-refractivity contribution in [2.24, 2.45) is 23.7 Å². The Morgan fingerprint density at radius 3 is 1.30 bits per heavy atom. The van der Waals surface area contributed by atoms with E-state index in [4.69, 9.17) is 0 Å². The standard InChI is InChI=1S/C59H80N2OS2/c1-7-13-25-43(9-3)41-60-49-31-21-23-33-53(49)63-55-39-47(35-37-51(55)60)58(11-5,45-27-17-15-18-28-45)57(62)59(12-6,46-29-19-16-20-30-46)48-36-38-52-56(40-48)64-54-34-24-22-32-50(54)61(52)42-44(10-4)26-14-8-2/h21-24,31-40,43-46H,7-20,25-30,41-42H2,1-6H3. The van der Waals surface area contributed by atoms with Gasteiger partial charge in [0, 0.05) is 32.7 Å². The number of rotatable bonds is 20. The average Bonchev–Trinajstić information content (AvgIpc) is 3.35. The fourth-order valence-corrected chi connectivity index (χ4v) is 15.2. The molecule has 8 rings (SSSR count). The first-order valence-corrected chi connectivity index (χ1v) is 27.9. The van der Waals surface area contributed by atoms with E-state index in [1.165, 1.54) is 143 Å². The van der Waals surface area contributed by atoms with Gasteiger partial charge >= 0.3 is 0 Å². The molecular weight excluding hydrogens is 817 g/mol. The van der Waals surface area contributed by atoms with Crippen molar-refractivity contribution >= 4 is 52.1 Å². The van der Waals surface area contributed by atoms with E-state index in [-0.39, 0.29) is 0 Å². The summed E-state index contributed by atoms with van der Waals surface area (Å²) in [5.74, 6) is 2.51. The number of anilines is 4. The molecule has 2 fully saturated rings. The summed E-state index contributed by atoms with van der Waals surface area (Å²) in [4.78, 5) is 27.8. The molecule has 64 heavy (non-hydrogen) atoms. The number of carbonyl (C=O) groups is 1. The molecule has 0 N–H and O–H groups in total. The maximum Gasteiger partial charge on any atom is 0.154 e. The van der Waals surface area contributed by atoms with Crippen LogP contribution in [0.15, 0.2) is 105 Å². The Morgan fingerprint density at radius 1 is 0.531 bits per heavy atom. The first kappa shape index (κ1) is 47.3. The highest BCUT2D eigenvalue weighted by atomic mass is 32.2. The summed E-state index contributed by atoms with van der Waals surface area (Å²) < 4.78 is 0. The lowest BCUT2D eigenvalue weighted by Gasteiger charge is -2.51. The van der Waals surface area contributed by atoms with Crippen LogP contribution in [0.2, 0.25) is 0 Å². The highest BCUT2D eigenvalue weighted by molar-refractivity contribution is 8.00. The van der Waals surface area contributed by atoms with Crippen LogP contribution in [0.25, 0.3) is 0 Å². The zero-order chi connectivity index (χ0) is 44.7. The largest absolute Gasteiger partial charge is 0.339 e. The van der Waals surface area contributed by atoms with Crippen LogP contribution in [0.3, 0.4) is 0 Å². The van der Waals surface area contributed by atoms with E-state index in [9.17, 15) is 0 Å². The number of carbonyl (C=O) groups excluding carboxylic acids is 1. The molecule has 5 heteroatoms. The number of ketones is 1. The topological polar surface area (TPSA) is 23.6 Å². The Hall–Kier alpha value is -3.15. The Bertz CT molecular complexity index is 2020. The van der Waals surface area contributed by atoms with Crippen molar-refractivity contribution in [2.45, 2.75) is 200 Å². The molecule has 4 unspecified atom stereocenters.